The summed E-state index contributed by atoms with van der Waals surface area (Å²) in [6, 6.07) is 0. The van der Waals surface area contributed by atoms with Gasteiger partial charge in [0.15, 0.2) is 0 Å². The van der Waals surface area contributed by atoms with Gasteiger partial charge in [0.2, 0.25) is 0 Å². The Labute approximate surface area is 186 Å². The number of rotatable bonds is 6. The Bertz CT molecular complexity index is 768. The molecule has 2 N–H and O–H groups in total. The number of fused-ring (bicyclic) bond motifs is 5. The van der Waals surface area contributed by atoms with E-state index in [9.17, 15) is 9.90 Å². The summed E-state index contributed by atoms with van der Waals surface area (Å²) >= 11 is 0. The van der Waals surface area contributed by atoms with E-state index in [4.69, 9.17) is 9.68 Å². The molecule has 6 atom stereocenters. The molecule has 0 aromatic carbocycles. The number of oxime groups is 2. The van der Waals surface area contributed by atoms with Crippen LogP contribution >= 0.6 is 0 Å². The zero-order valence-electron chi connectivity index (χ0n) is 19.6. The Morgan fingerprint density at radius 3 is 2.71 bits per heavy atom. The second-order valence-electron chi connectivity index (χ2n) is 10.6. The van der Waals surface area contributed by atoms with Crippen LogP contribution in [-0.2, 0) is 14.5 Å². The first kappa shape index (κ1) is 22.7. The van der Waals surface area contributed by atoms with Gasteiger partial charge < -0.3 is 20.1 Å². The molecule has 0 saturated heterocycles. The SMILES string of the molecule is CNCCCON=C1CC[C@]2(C)[C@H]3CC[C@]4(C)C(=O)CC[C@H]4[C@@H]3C/C(=N\OC)[C@@]2(O)C1. The summed E-state index contributed by atoms with van der Waals surface area (Å²) < 4.78 is 0. The van der Waals surface area contributed by atoms with Crippen LogP contribution in [0.3, 0.4) is 0 Å². The third kappa shape index (κ3) is 3.52. The number of nitrogens with zero attached hydrogens (tertiary/aromatic N) is 2. The van der Waals surface area contributed by atoms with Gasteiger partial charge in [0.25, 0.3) is 0 Å². The van der Waals surface area contributed by atoms with Crippen LogP contribution in [0.5, 0.6) is 0 Å². The summed E-state index contributed by atoms with van der Waals surface area (Å²) in [5.41, 5.74) is 0.0543. The van der Waals surface area contributed by atoms with Crippen molar-refractivity contribution >= 4 is 17.2 Å². The second kappa shape index (κ2) is 8.47. The molecular weight excluding hydrogens is 394 g/mol. The summed E-state index contributed by atoms with van der Waals surface area (Å²) in [5.74, 6) is 1.57. The van der Waals surface area contributed by atoms with Crippen LogP contribution < -0.4 is 5.32 Å². The Kier molecular flexibility index (Phi) is 6.21. The van der Waals surface area contributed by atoms with Crippen molar-refractivity contribution in [3.05, 3.63) is 0 Å². The maximum absolute atomic E-state index is 12.7. The minimum atomic E-state index is -1.08. The lowest BCUT2D eigenvalue weighted by molar-refractivity contribution is -0.146. The molecular formula is C24H39N3O4. The maximum Gasteiger partial charge on any atom is 0.139 e. The molecule has 0 amide bonds. The Morgan fingerprint density at radius 2 is 1.97 bits per heavy atom. The Balaban J connectivity index is 1.60. The largest absolute Gasteiger partial charge is 0.399 e. The standard InChI is InChI=1S/C24H39N3O4/c1-22-10-9-19-17(18(22)6-7-21(22)28)14-20(27-30-4)24(29)15-16(8-11-23(19,24)2)26-31-13-5-12-25-3/h17-19,25,29H,5-15H2,1-4H3/b26-16?,27-20+/t17-,18-,19-,22-,23+,24-/m0/s1. The van der Waals surface area contributed by atoms with Crippen LogP contribution in [0.15, 0.2) is 10.3 Å². The predicted molar refractivity (Wildman–Crippen MR) is 120 cm³/mol. The quantitative estimate of drug-likeness (QED) is 0.495. The number of hydrogen-bond donors (Lipinski definition) is 2. The van der Waals surface area contributed by atoms with E-state index >= 15 is 0 Å². The van der Waals surface area contributed by atoms with Gasteiger partial charge in [0.1, 0.15) is 25.1 Å². The molecule has 4 aliphatic carbocycles. The highest BCUT2D eigenvalue weighted by atomic mass is 16.6. The van der Waals surface area contributed by atoms with Crippen LogP contribution in [0.25, 0.3) is 0 Å². The molecule has 7 heteroatoms. The van der Waals surface area contributed by atoms with Gasteiger partial charge in [-0.3, -0.25) is 4.79 Å². The first-order chi connectivity index (χ1) is 14.8. The average molecular weight is 434 g/mol. The van der Waals surface area contributed by atoms with E-state index in [0.717, 1.165) is 56.5 Å². The Morgan fingerprint density at radius 1 is 1.16 bits per heavy atom. The van der Waals surface area contributed by atoms with Crippen molar-refractivity contribution in [1.29, 1.82) is 0 Å². The van der Waals surface area contributed by atoms with Gasteiger partial charge in [-0.2, -0.15) is 0 Å². The lowest BCUT2D eigenvalue weighted by Gasteiger charge is -2.62. The lowest BCUT2D eigenvalue weighted by Crippen LogP contribution is -2.66. The van der Waals surface area contributed by atoms with Crippen LogP contribution in [0.2, 0.25) is 0 Å². The molecule has 4 aliphatic rings. The van der Waals surface area contributed by atoms with Crippen LogP contribution in [0.4, 0.5) is 0 Å². The number of hydrogen-bond acceptors (Lipinski definition) is 7. The average Bonchev–Trinajstić information content (AvgIpc) is 3.04. The number of carbonyl (C=O) groups is 1. The summed E-state index contributed by atoms with van der Waals surface area (Å²) in [6.45, 7) is 5.87. The molecule has 0 heterocycles. The van der Waals surface area contributed by atoms with E-state index in [-0.39, 0.29) is 10.8 Å². The van der Waals surface area contributed by atoms with Crippen LogP contribution in [0.1, 0.15) is 71.6 Å². The van der Waals surface area contributed by atoms with Gasteiger partial charge in [0.05, 0.1) is 11.4 Å². The van der Waals surface area contributed by atoms with E-state index in [1.807, 2.05) is 7.05 Å². The van der Waals surface area contributed by atoms with Crippen LogP contribution in [-0.4, -0.2) is 55.2 Å². The molecule has 7 nitrogen and oxygen atoms in total. The highest BCUT2D eigenvalue weighted by Crippen LogP contribution is 2.65. The maximum atomic E-state index is 12.7. The van der Waals surface area contributed by atoms with Gasteiger partial charge >= 0.3 is 0 Å². The van der Waals surface area contributed by atoms with Crippen molar-refractivity contribution in [3.63, 3.8) is 0 Å². The molecule has 0 spiro atoms. The zero-order chi connectivity index (χ0) is 22.3. The topological polar surface area (TPSA) is 92.5 Å². The van der Waals surface area contributed by atoms with E-state index < -0.39 is 5.60 Å². The predicted octanol–water partition coefficient (Wildman–Crippen LogP) is 3.31. The second-order valence-corrected chi connectivity index (χ2v) is 10.6. The highest BCUT2D eigenvalue weighted by molar-refractivity contribution is 6.01. The fraction of sp³-hybridized carbons (Fsp3) is 0.875. The van der Waals surface area contributed by atoms with E-state index in [2.05, 4.69) is 29.5 Å². The Hall–Kier alpha value is -1.47. The molecule has 31 heavy (non-hydrogen) atoms. The van der Waals surface area contributed by atoms with Gasteiger partial charge in [-0.15, -0.1) is 0 Å². The number of Topliss-reactive ketones (excluding diaryl/α,β-unsaturated/α-hetero) is 1. The molecule has 4 rings (SSSR count). The zero-order valence-corrected chi connectivity index (χ0v) is 19.6. The van der Waals surface area contributed by atoms with Crippen molar-refractivity contribution in [2.24, 2.45) is 38.9 Å². The number of ketones is 1. The third-order valence-corrected chi connectivity index (χ3v) is 9.27. The molecule has 0 bridgehead atoms. The van der Waals surface area contributed by atoms with Crippen LogP contribution in [0, 0.1) is 28.6 Å². The van der Waals surface area contributed by atoms with E-state index in [1.165, 1.54) is 0 Å². The number of carbonyl (C=O) groups excluding carboxylic acids is 1. The summed E-state index contributed by atoms with van der Waals surface area (Å²) in [4.78, 5) is 23.5. The summed E-state index contributed by atoms with van der Waals surface area (Å²) in [5, 5.41) is 24.0. The first-order valence-electron chi connectivity index (χ1n) is 12.0. The number of nitrogens with one attached hydrogen (secondary N) is 1. The summed E-state index contributed by atoms with van der Waals surface area (Å²) in [6.07, 6.45) is 7.33. The van der Waals surface area contributed by atoms with Gasteiger partial charge in [-0.25, -0.2) is 0 Å². The first-order valence-corrected chi connectivity index (χ1v) is 12.0. The third-order valence-electron chi connectivity index (χ3n) is 9.27. The molecule has 4 saturated carbocycles. The minimum Gasteiger partial charge on any atom is -0.399 e. The normalized spacial score (nSPS) is 44.7. The van der Waals surface area contributed by atoms with Gasteiger partial charge in [0, 0.05) is 23.7 Å². The molecule has 0 aliphatic heterocycles. The van der Waals surface area contributed by atoms with Gasteiger partial charge in [-0.05, 0) is 76.3 Å². The van der Waals surface area contributed by atoms with E-state index in [0.29, 0.717) is 49.4 Å². The molecule has 0 radical (unpaired) electrons. The molecule has 174 valence electrons. The van der Waals surface area contributed by atoms with Crippen molar-refractivity contribution < 1.29 is 19.6 Å². The fourth-order valence-corrected chi connectivity index (χ4v) is 7.40. The fourth-order valence-electron chi connectivity index (χ4n) is 7.40. The monoisotopic (exact) mass is 433 g/mol. The summed E-state index contributed by atoms with van der Waals surface area (Å²) in [7, 11) is 3.47. The van der Waals surface area contributed by atoms with Gasteiger partial charge in [-0.1, -0.05) is 24.2 Å². The molecule has 0 unspecified atom stereocenters. The van der Waals surface area contributed by atoms with Crippen molar-refractivity contribution in [1.82, 2.24) is 5.32 Å². The van der Waals surface area contributed by atoms with Crippen molar-refractivity contribution in [2.45, 2.75) is 77.2 Å². The highest BCUT2D eigenvalue weighted by Gasteiger charge is 2.66. The smallest absolute Gasteiger partial charge is 0.139 e. The van der Waals surface area contributed by atoms with E-state index in [1.54, 1.807) is 7.11 Å². The van der Waals surface area contributed by atoms with Crippen molar-refractivity contribution in [3.8, 4) is 0 Å². The molecule has 4 fully saturated rings. The molecule has 0 aromatic heterocycles. The molecule has 0 aromatic rings. The minimum absolute atomic E-state index is 0.201. The lowest BCUT2D eigenvalue weighted by atomic mass is 9.43. The number of aliphatic hydroxyl groups is 1. The van der Waals surface area contributed by atoms with Crippen molar-refractivity contribution in [2.75, 3.05) is 27.3 Å².